The number of carbonyl (C=O) groups is 3. The van der Waals surface area contributed by atoms with Gasteiger partial charge in [0.2, 0.25) is 11.8 Å². The average molecular weight is 318 g/mol. The first-order chi connectivity index (χ1) is 10.8. The largest absolute Gasteiger partial charge is 0.334 e. The second-order valence-electron chi connectivity index (χ2n) is 5.88. The minimum absolute atomic E-state index is 0.0834. The molecule has 1 fully saturated rings. The number of hydrogen-bond acceptors (Lipinski definition) is 4. The summed E-state index contributed by atoms with van der Waals surface area (Å²) in [6, 6.07) is 0. The highest BCUT2D eigenvalue weighted by atomic mass is 16.2. The fourth-order valence-electron chi connectivity index (χ4n) is 2.66. The quantitative estimate of drug-likeness (QED) is 0.847. The predicted octanol–water partition coefficient (Wildman–Crippen LogP) is 1.26. The molecule has 1 N–H and O–H groups in total. The lowest BCUT2D eigenvalue weighted by atomic mass is 10.1. The lowest BCUT2D eigenvalue weighted by molar-refractivity contribution is -0.147. The van der Waals surface area contributed by atoms with Gasteiger partial charge in [0, 0.05) is 19.2 Å². The van der Waals surface area contributed by atoms with E-state index in [1.165, 1.54) is 6.92 Å². The van der Waals surface area contributed by atoms with E-state index in [1.807, 2.05) is 13.8 Å². The lowest BCUT2D eigenvalue weighted by Gasteiger charge is -2.25. The molecule has 3 amide bonds. The van der Waals surface area contributed by atoms with Gasteiger partial charge in [-0.15, -0.1) is 0 Å². The van der Waals surface area contributed by atoms with Gasteiger partial charge in [0.15, 0.2) is 0 Å². The van der Waals surface area contributed by atoms with Gasteiger partial charge in [-0.05, 0) is 18.4 Å². The molecule has 0 atom stereocenters. The minimum Gasteiger partial charge on any atom is -0.334 e. The lowest BCUT2D eigenvalue weighted by Crippen LogP contribution is -2.51. The molecule has 0 bridgehead atoms. The molecule has 1 saturated heterocycles. The topological polar surface area (TPSA) is 84.3 Å². The van der Waals surface area contributed by atoms with Crippen molar-refractivity contribution in [3.8, 4) is 0 Å². The van der Waals surface area contributed by atoms with E-state index < -0.39 is 11.8 Å². The molecule has 0 spiro atoms. The van der Waals surface area contributed by atoms with E-state index in [0.717, 1.165) is 23.6 Å². The van der Waals surface area contributed by atoms with E-state index in [4.69, 9.17) is 0 Å². The average Bonchev–Trinajstić information content (AvgIpc) is 2.85. The molecule has 0 saturated carbocycles. The summed E-state index contributed by atoms with van der Waals surface area (Å²) in [5, 5.41) is 2.54. The summed E-state index contributed by atoms with van der Waals surface area (Å²) in [7, 11) is 0. The summed E-state index contributed by atoms with van der Waals surface area (Å²) in [6.45, 7) is 8.04. The zero-order valence-electron chi connectivity index (χ0n) is 13.9. The standard InChI is InChI=1S/C16H22N4O3/c1-5-6-19-9-17-12(15(19)10(2)3)7-13-16(23)20(11(4)21)8-14(22)18-13/h7,9-10H,5-6,8H2,1-4H3,(H,18,22). The Hall–Kier alpha value is -2.44. The maximum Gasteiger partial charge on any atom is 0.277 e. The number of nitrogens with one attached hydrogen (secondary N) is 1. The summed E-state index contributed by atoms with van der Waals surface area (Å²) >= 11 is 0. The summed E-state index contributed by atoms with van der Waals surface area (Å²) in [5.74, 6) is -1.12. The van der Waals surface area contributed by atoms with E-state index in [9.17, 15) is 14.4 Å². The van der Waals surface area contributed by atoms with Crippen molar-refractivity contribution in [3.63, 3.8) is 0 Å². The molecule has 1 aliphatic rings. The van der Waals surface area contributed by atoms with Crippen LogP contribution in [0, 0.1) is 0 Å². The van der Waals surface area contributed by atoms with Crippen LogP contribution in [-0.2, 0) is 20.9 Å². The molecular weight excluding hydrogens is 296 g/mol. The SMILES string of the molecule is CCCn1cnc(C=C2NC(=O)CN(C(C)=O)C2=O)c1C(C)C. The number of amides is 3. The molecular formula is C16H22N4O3. The van der Waals surface area contributed by atoms with Crippen LogP contribution >= 0.6 is 0 Å². The number of aryl methyl sites for hydroxylation is 1. The zero-order chi connectivity index (χ0) is 17.1. The molecule has 1 aromatic heterocycles. The van der Waals surface area contributed by atoms with E-state index >= 15 is 0 Å². The van der Waals surface area contributed by atoms with Crippen molar-refractivity contribution < 1.29 is 14.4 Å². The van der Waals surface area contributed by atoms with Gasteiger partial charge in [-0.2, -0.15) is 0 Å². The smallest absolute Gasteiger partial charge is 0.277 e. The second-order valence-corrected chi connectivity index (χ2v) is 5.88. The normalized spacial score (nSPS) is 17.1. The number of rotatable bonds is 4. The number of nitrogens with zero attached hydrogens (tertiary/aromatic N) is 3. The third-order valence-electron chi connectivity index (χ3n) is 3.63. The van der Waals surface area contributed by atoms with Gasteiger partial charge in [-0.25, -0.2) is 4.98 Å². The Morgan fingerprint density at radius 1 is 1.43 bits per heavy atom. The van der Waals surface area contributed by atoms with Gasteiger partial charge in [0.25, 0.3) is 5.91 Å². The molecule has 2 heterocycles. The Balaban J connectivity index is 2.42. The van der Waals surface area contributed by atoms with E-state index in [1.54, 1.807) is 12.4 Å². The van der Waals surface area contributed by atoms with Crippen LogP contribution in [0.4, 0.5) is 0 Å². The third kappa shape index (κ3) is 3.49. The number of imidazole rings is 1. The Labute approximate surface area is 135 Å². The van der Waals surface area contributed by atoms with Crippen LogP contribution in [-0.4, -0.2) is 38.7 Å². The molecule has 1 aliphatic heterocycles. The maximum atomic E-state index is 12.3. The first-order valence-electron chi connectivity index (χ1n) is 7.74. The Kier molecular flexibility index (Phi) is 4.98. The molecule has 124 valence electrons. The van der Waals surface area contributed by atoms with Crippen molar-refractivity contribution in [3.05, 3.63) is 23.4 Å². The van der Waals surface area contributed by atoms with Crippen LogP contribution in [0.25, 0.3) is 6.08 Å². The highest BCUT2D eigenvalue weighted by Gasteiger charge is 2.31. The molecule has 0 unspecified atom stereocenters. The number of piperazine rings is 1. The summed E-state index contributed by atoms with van der Waals surface area (Å²) in [5.41, 5.74) is 1.73. The first kappa shape index (κ1) is 16.9. The van der Waals surface area contributed by atoms with Gasteiger partial charge < -0.3 is 9.88 Å². The van der Waals surface area contributed by atoms with Crippen LogP contribution in [0.5, 0.6) is 0 Å². The van der Waals surface area contributed by atoms with Crippen molar-refractivity contribution in [1.82, 2.24) is 19.8 Å². The summed E-state index contributed by atoms with van der Waals surface area (Å²) in [6.07, 6.45) is 4.26. The van der Waals surface area contributed by atoms with Gasteiger partial charge >= 0.3 is 0 Å². The first-order valence-corrected chi connectivity index (χ1v) is 7.74. The fourth-order valence-corrected chi connectivity index (χ4v) is 2.66. The number of hydrogen-bond donors (Lipinski definition) is 1. The molecule has 0 aliphatic carbocycles. The van der Waals surface area contributed by atoms with Gasteiger partial charge in [-0.1, -0.05) is 20.8 Å². The molecule has 2 rings (SSSR count). The van der Waals surface area contributed by atoms with E-state index in [2.05, 4.69) is 21.8 Å². The Morgan fingerprint density at radius 2 is 2.13 bits per heavy atom. The predicted molar refractivity (Wildman–Crippen MR) is 85.1 cm³/mol. The van der Waals surface area contributed by atoms with Gasteiger partial charge in [0.1, 0.15) is 12.2 Å². The van der Waals surface area contributed by atoms with Crippen molar-refractivity contribution in [1.29, 1.82) is 0 Å². The van der Waals surface area contributed by atoms with Gasteiger partial charge in [-0.3, -0.25) is 19.3 Å². The van der Waals surface area contributed by atoms with Crippen LogP contribution in [0.2, 0.25) is 0 Å². The number of imide groups is 1. The third-order valence-corrected chi connectivity index (χ3v) is 3.63. The van der Waals surface area contributed by atoms with Crippen LogP contribution < -0.4 is 5.32 Å². The van der Waals surface area contributed by atoms with Crippen molar-refractivity contribution in [2.75, 3.05) is 6.54 Å². The van der Waals surface area contributed by atoms with Crippen LogP contribution in [0.15, 0.2) is 12.0 Å². The van der Waals surface area contributed by atoms with Crippen molar-refractivity contribution in [2.24, 2.45) is 0 Å². The number of carbonyl (C=O) groups excluding carboxylic acids is 3. The van der Waals surface area contributed by atoms with Crippen LogP contribution in [0.1, 0.15) is 51.4 Å². The maximum absolute atomic E-state index is 12.3. The fraction of sp³-hybridized carbons (Fsp3) is 0.500. The van der Waals surface area contributed by atoms with Crippen molar-refractivity contribution >= 4 is 23.8 Å². The highest BCUT2D eigenvalue weighted by Crippen LogP contribution is 2.22. The molecule has 7 heteroatoms. The molecule has 7 nitrogen and oxygen atoms in total. The Morgan fingerprint density at radius 3 is 2.70 bits per heavy atom. The summed E-state index contributed by atoms with van der Waals surface area (Å²) in [4.78, 5) is 40.8. The molecule has 23 heavy (non-hydrogen) atoms. The molecule has 0 radical (unpaired) electrons. The highest BCUT2D eigenvalue weighted by molar-refractivity contribution is 6.12. The van der Waals surface area contributed by atoms with Crippen molar-refractivity contribution in [2.45, 2.75) is 46.6 Å². The van der Waals surface area contributed by atoms with E-state index in [0.29, 0.717) is 5.69 Å². The zero-order valence-corrected chi connectivity index (χ0v) is 13.9. The van der Waals surface area contributed by atoms with Crippen LogP contribution in [0.3, 0.4) is 0 Å². The van der Waals surface area contributed by atoms with Gasteiger partial charge in [0.05, 0.1) is 12.0 Å². The van der Waals surface area contributed by atoms with E-state index in [-0.39, 0.29) is 24.1 Å². The second kappa shape index (κ2) is 6.76. The minimum atomic E-state index is -0.503. The molecule has 0 aromatic carbocycles. The summed E-state index contributed by atoms with van der Waals surface area (Å²) < 4.78 is 2.05. The molecule has 1 aromatic rings. The Bertz CT molecular complexity index is 673. The number of aromatic nitrogens is 2. The monoisotopic (exact) mass is 318 g/mol.